The molecule has 0 spiro atoms. The third kappa shape index (κ3) is 1.96. The molecule has 1 heterocycles. The van der Waals surface area contributed by atoms with Gasteiger partial charge in [0.1, 0.15) is 0 Å². The number of nitrogens with two attached hydrogens (primary N) is 1. The smallest absolute Gasteiger partial charge is 0.00222 e. The van der Waals surface area contributed by atoms with Gasteiger partial charge in [0.05, 0.1) is 0 Å². The summed E-state index contributed by atoms with van der Waals surface area (Å²) in [5.74, 6) is 0.784. The van der Waals surface area contributed by atoms with Crippen molar-refractivity contribution in [2.45, 2.75) is 19.8 Å². The van der Waals surface area contributed by atoms with Crippen molar-refractivity contribution >= 4 is 0 Å². The van der Waals surface area contributed by atoms with E-state index in [1.807, 2.05) is 0 Å². The van der Waals surface area contributed by atoms with Crippen LogP contribution in [-0.4, -0.2) is 31.1 Å². The van der Waals surface area contributed by atoms with E-state index < -0.39 is 0 Å². The van der Waals surface area contributed by atoms with E-state index >= 15 is 0 Å². The largest absolute Gasteiger partial charge is 0.330 e. The van der Waals surface area contributed by atoms with E-state index in [0.717, 1.165) is 12.5 Å². The Morgan fingerprint density at radius 2 is 2.40 bits per heavy atom. The van der Waals surface area contributed by atoms with Gasteiger partial charge in [-0.1, -0.05) is 6.92 Å². The monoisotopic (exact) mass is 142 g/mol. The zero-order chi connectivity index (χ0) is 7.40. The average Bonchev–Trinajstić information content (AvgIpc) is 2.37. The Morgan fingerprint density at radius 1 is 1.60 bits per heavy atom. The minimum Gasteiger partial charge on any atom is -0.330 e. The fraction of sp³-hybridized carbons (Fsp3) is 1.00. The number of rotatable bonds is 3. The van der Waals surface area contributed by atoms with Crippen LogP contribution in [0.2, 0.25) is 0 Å². The maximum Gasteiger partial charge on any atom is 0.00222 e. The quantitative estimate of drug-likeness (QED) is 0.628. The zero-order valence-corrected chi connectivity index (χ0v) is 6.84. The van der Waals surface area contributed by atoms with Crippen molar-refractivity contribution in [1.29, 1.82) is 0 Å². The summed E-state index contributed by atoms with van der Waals surface area (Å²) in [5, 5.41) is 0. The highest BCUT2D eigenvalue weighted by molar-refractivity contribution is 4.75. The van der Waals surface area contributed by atoms with E-state index in [1.165, 1.54) is 32.5 Å². The molecule has 2 N–H and O–H groups in total. The van der Waals surface area contributed by atoms with Gasteiger partial charge < -0.3 is 10.6 Å². The Hall–Kier alpha value is -0.0800. The molecule has 0 aliphatic carbocycles. The summed E-state index contributed by atoms with van der Waals surface area (Å²) < 4.78 is 0. The molecule has 1 rings (SSSR count). The molecule has 1 saturated heterocycles. The Labute approximate surface area is 63.4 Å². The van der Waals surface area contributed by atoms with Crippen LogP contribution in [-0.2, 0) is 0 Å². The van der Waals surface area contributed by atoms with Crippen LogP contribution < -0.4 is 5.73 Å². The molecule has 0 aromatic heterocycles. The third-order valence-electron chi connectivity index (χ3n) is 2.24. The average molecular weight is 142 g/mol. The third-order valence-corrected chi connectivity index (χ3v) is 2.24. The molecule has 1 aliphatic rings. The highest BCUT2D eigenvalue weighted by atomic mass is 15.1. The van der Waals surface area contributed by atoms with Gasteiger partial charge in [-0.15, -0.1) is 0 Å². The summed E-state index contributed by atoms with van der Waals surface area (Å²) in [6, 6.07) is 0. The van der Waals surface area contributed by atoms with Gasteiger partial charge in [0, 0.05) is 6.54 Å². The Morgan fingerprint density at radius 3 is 2.90 bits per heavy atom. The molecule has 2 nitrogen and oxygen atoms in total. The number of hydrogen-bond donors (Lipinski definition) is 1. The summed E-state index contributed by atoms with van der Waals surface area (Å²) in [7, 11) is 0. The van der Waals surface area contributed by atoms with Gasteiger partial charge >= 0.3 is 0 Å². The van der Waals surface area contributed by atoms with Crippen LogP contribution in [0.1, 0.15) is 19.8 Å². The first-order valence-corrected chi connectivity index (χ1v) is 4.29. The molecule has 0 amide bonds. The van der Waals surface area contributed by atoms with Gasteiger partial charge in [0.15, 0.2) is 0 Å². The molecule has 0 saturated carbocycles. The standard InChI is InChI=1S/C8H18N2/c1-2-4-10-5-3-8(6-9)7-10/h8H,2-7,9H2,1H3/t8-/m1/s1. The Balaban J connectivity index is 2.15. The second-order valence-corrected chi connectivity index (χ2v) is 3.19. The maximum absolute atomic E-state index is 5.57. The minimum absolute atomic E-state index is 0.784. The lowest BCUT2D eigenvalue weighted by Crippen LogP contribution is -2.23. The Kier molecular flexibility index (Phi) is 3.16. The first kappa shape index (κ1) is 8.02. The fourth-order valence-corrected chi connectivity index (χ4v) is 1.62. The second kappa shape index (κ2) is 3.94. The lowest BCUT2D eigenvalue weighted by molar-refractivity contribution is 0.326. The Bertz CT molecular complexity index is 93.3. The summed E-state index contributed by atoms with van der Waals surface area (Å²) in [5.41, 5.74) is 5.57. The first-order valence-electron chi connectivity index (χ1n) is 4.29. The summed E-state index contributed by atoms with van der Waals surface area (Å²) in [6.07, 6.45) is 2.59. The van der Waals surface area contributed by atoms with Crippen molar-refractivity contribution in [3.8, 4) is 0 Å². The molecule has 0 radical (unpaired) electrons. The SMILES string of the molecule is CCCN1CC[C@H](CN)C1. The van der Waals surface area contributed by atoms with E-state index in [9.17, 15) is 0 Å². The molecule has 0 aromatic carbocycles. The predicted molar refractivity (Wildman–Crippen MR) is 43.9 cm³/mol. The van der Waals surface area contributed by atoms with Crippen molar-refractivity contribution in [2.75, 3.05) is 26.2 Å². The molecule has 0 aromatic rings. The van der Waals surface area contributed by atoms with E-state index in [2.05, 4.69) is 11.8 Å². The number of nitrogens with zero attached hydrogens (tertiary/aromatic N) is 1. The molecule has 10 heavy (non-hydrogen) atoms. The van der Waals surface area contributed by atoms with Gasteiger partial charge in [-0.3, -0.25) is 0 Å². The van der Waals surface area contributed by atoms with Gasteiger partial charge in [-0.05, 0) is 38.4 Å². The van der Waals surface area contributed by atoms with Crippen molar-refractivity contribution < 1.29 is 0 Å². The van der Waals surface area contributed by atoms with Gasteiger partial charge in [0.2, 0.25) is 0 Å². The van der Waals surface area contributed by atoms with Crippen LogP contribution in [0.4, 0.5) is 0 Å². The van der Waals surface area contributed by atoms with E-state index in [-0.39, 0.29) is 0 Å². The van der Waals surface area contributed by atoms with Crippen LogP contribution in [0.5, 0.6) is 0 Å². The molecule has 0 unspecified atom stereocenters. The van der Waals surface area contributed by atoms with Crippen LogP contribution >= 0.6 is 0 Å². The van der Waals surface area contributed by atoms with E-state index in [1.54, 1.807) is 0 Å². The van der Waals surface area contributed by atoms with Crippen molar-refractivity contribution in [1.82, 2.24) is 4.90 Å². The molecule has 1 fully saturated rings. The molecular weight excluding hydrogens is 124 g/mol. The molecule has 1 atom stereocenters. The molecular formula is C8H18N2. The van der Waals surface area contributed by atoms with E-state index in [0.29, 0.717) is 0 Å². The number of hydrogen-bond acceptors (Lipinski definition) is 2. The van der Waals surface area contributed by atoms with Crippen molar-refractivity contribution in [3.63, 3.8) is 0 Å². The zero-order valence-electron chi connectivity index (χ0n) is 6.84. The second-order valence-electron chi connectivity index (χ2n) is 3.19. The van der Waals surface area contributed by atoms with Crippen molar-refractivity contribution in [3.05, 3.63) is 0 Å². The molecule has 1 aliphatic heterocycles. The highest BCUT2D eigenvalue weighted by Gasteiger charge is 2.19. The first-order chi connectivity index (χ1) is 4.86. The van der Waals surface area contributed by atoms with E-state index in [4.69, 9.17) is 5.73 Å². The summed E-state index contributed by atoms with van der Waals surface area (Å²) in [6.45, 7) is 6.88. The summed E-state index contributed by atoms with van der Waals surface area (Å²) >= 11 is 0. The van der Waals surface area contributed by atoms with Crippen LogP contribution in [0.3, 0.4) is 0 Å². The summed E-state index contributed by atoms with van der Waals surface area (Å²) in [4.78, 5) is 2.51. The lowest BCUT2D eigenvalue weighted by Gasteiger charge is -2.13. The van der Waals surface area contributed by atoms with Crippen molar-refractivity contribution in [2.24, 2.45) is 11.7 Å². The van der Waals surface area contributed by atoms with Gasteiger partial charge in [-0.2, -0.15) is 0 Å². The predicted octanol–water partition coefficient (Wildman–Crippen LogP) is 0.677. The topological polar surface area (TPSA) is 29.3 Å². The fourth-order valence-electron chi connectivity index (χ4n) is 1.62. The molecule has 0 bridgehead atoms. The maximum atomic E-state index is 5.57. The minimum atomic E-state index is 0.784. The molecule has 2 heteroatoms. The van der Waals surface area contributed by atoms with Gasteiger partial charge in [0.25, 0.3) is 0 Å². The van der Waals surface area contributed by atoms with Crippen LogP contribution in [0.15, 0.2) is 0 Å². The van der Waals surface area contributed by atoms with Crippen LogP contribution in [0.25, 0.3) is 0 Å². The van der Waals surface area contributed by atoms with Gasteiger partial charge in [-0.25, -0.2) is 0 Å². The normalized spacial score (nSPS) is 27.6. The number of likely N-dealkylation sites (tertiary alicyclic amines) is 1. The highest BCUT2D eigenvalue weighted by Crippen LogP contribution is 2.14. The molecule has 60 valence electrons. The lowest BCUT2D eigenvalue weighted by atomic mass is 10.1. The van der Waals surface area contributed by atoms with Crippen LogP contribution in [0, 0.1) is 5.92 Å².